The van der Waals surface area contributed by atoms with Crippen molar-refractivity contribution in [2.75, 3.05) is 58.1 Å². The predicted molar refractivity (Wildman–Crippen MR) is 148 cm³/mol. The normalized spacial score (nSPS) is 19.5. The Morgan fingerprint density at radius 1 is 0.838 bits per heavy atom. The van der Waals surface area contributed by atoms with Gasteiger partial charge in [0.25, 0.3) is 10.2 Å². The number of unbranched alkanes of at least 4 members (excludes halogenated alkanes) is 1. The van der Waals surface area contributed by atoms with Crippen molar-refractivity contribution in [2.45, 2.75) is 26.3 Å². The summed E-state index contributed by atoms with van der Waals surface area (Å²) < 4.78 is 61.6. The lowest BCUT2D eigenvalue weighted by Gasteiger charge is -2.34. The molecule has 2 aliphatic heterocycles. The molecule has 2 heterocycles. The zero-order valence-corrected chi connectivity index (χ0v) is 23.7. The van der Waals surface area contributed by atoms with E-state index >= 15 is 0 Å². The van der Waals surface area contributed by atoms with Crippen molar-refractivity contribution in [3.63, 3.8) is 0 Å². The van der Waals surface area contributed by atoms with Gasteiger partial charge in [-0.1, -0.05) is 43.7 Å². The molecule has 0 aromatic heterocycles. The van der Waals surface area contributed by atoms with E-state index in [9.17, 15) is 16.8 Å². The highest BCUT2D eigenvalue weighted by atomic mass is 35.5. The van der Waals surface area contributed by atoms with Crippen LogP contribution in [0.4, 0.5) is 0 Å². The average Bonchev–Trinajstić information content (AvgIpc) is 3.15. The van der Waals surface area contributed by atoms with Gasteiger partial charge >= 0.3 is 0 Å². The molecule has 2 saturated heterocycles. The van der Waals surface area contributed by atoms with Crippen LogP contribution in [0, 0.1) is 0 Å². The minimum atomic E-state index is -3.55. The summed E-state index contributed by atoms with van der Waals surface area (Å²) >= 11 is 0. The lowest BCUT2D eigenvalue weighted by molar-refractivity contribution is 0.180. The van der Waals surface area contributed by atoms with Gasteiger partial charge in [-0.15, -0.1) is 12.4 Å². The number of piperazine rings is 1. The number of ether oxygens (including phenoxy) is 1. The number of hydrogen-bond acceptors (Lipinski definition) is 6. The van der Waals surface area contributed by atoms with E-state index in [0.717, 1.165) is 17.7 Å². The van der Waals surface area contributed by atoms with Crippen LogP contribution in [0.15, 0.2) is 54.6 Å². The third-order valence-electron chi connectivity index (χ3n) is 6.63. The number of nitrogens with zero attached hydrogens (tertiary/aromatic N) is 4. The highest BCUT2D eigenvalue weighted by Crippen LogP contribution is 2.25. The zero-order valence-electron chi connectivity index (χ0n) is 21.2. The number of para-hydroxylation sites is 1. The van der Waals surface area contributed by atoms with Gasteiger partial charge in [0, 0.05) is 58.9 Å². The minimum absolute atomic E-state index is 0. The lowest BCUT2D eigenvalue weighted by atomic mass is 10.2. The molecule has 206 valence electrons. The van der Waals surface area contributed by atoms with Crippen LogP contribution in [-0.2, 0) is 26.8 Å². The molecule has 2 fully saturated rings. The second-order valence-corrected chi connectivity index (χ2v) is 13.2. The Balaban J connectivity index is 0.00000380. The fourth-order valence-electron chi connectivity index (χ4n) is 4.48. The average molecular weight is 573 g/mol. The molecule has 0 radical (unpaired) electrons. The first-order chi connectivity index (χ1) is 17.3. The van der Waals surface area contributed by atoms with Crippen molar-refractivity contribution in [2.24, 2.45) is 0 Å². The molecular formula is C25H37ClN4O5S2. The van der Waals surface area contributed by atoms with Gasteiger partial charge in [0.05, 0.1) is 5.75 Å². The number of halogens is 1. The number of benzene rings is 2. The van der Waals surface area contributed by atoms with Crippen molar-refractivity contribution >= 4 is 32.6 Å². The Morgan fingerprint density at radius 3 is 2.22 bits per heavy atom. The number of hydrogen-bond donors (Lipinski definition) is 0. The molecule has 0 N–H and O–H groups in total. The van der Waals surface area contributed by atoms with E-state index in [2.05, 4.69) is 4.90 Å². The maximum Gasteiger partial charge on any atom is 0.282 e. The molecule has 0 spiro atoms. The van der Waals surface area contributed by atoms with Gasteiger partial charge in [0.1, 0.15) is 11.5 Å². The Kier molecular flexibility index (Phi) is 10.8. The van der Waals surface area contributed by atoms with E-state index in [-0.39, 0.29) is 18.2 Å². The van der Waals surface area contributed by atoms with Crippen molar-refractivity contribution in [3.05, 3.63) is 60.2 Å². The highest BCUT2D eigenvalue weighted by Gasteiger charge is 2.36. The van der Waals surface area contributed by atoms with Crippen molar-refractivity contribution in [1.29, 1.82) is 0 Å². The monoisotopic (exact) mass is 572 g/mol. The minimum Gasteiger partial charge on any atom is -0.457 e. The standard InChI is InChI=1S/C25H36N4O5S2.ClH/c1-2-3-20-35(30,31)27-15-12-26(13-16-27)14-17-28-18-19-29(36(28,32)33)22-23-8-7-11-25(21-23)34-24-9-5-4-6-10-24;/h4-11,21H,2-3,12-20,22H2,1H3;1H. The van der Waals surface area contributed by atoms with Crippen LogP contribution in [0.2, 0.25) is 0 Å². The maximum absolute atomic E-state index is 13.1. The second-order valence-electron chi connectivity index (χ2n) is 9.21. The molecule has 37 heavy (non-hydrogen) atoms. The number of sulfonamides is 1. The molecule has 12 heteroatoms. The van der Waals surface area contributed by atoms with Crippen LogP contribution in [-0.4, -0.2) is 92.8 Å². The molecular weight excluding hydrogens is 536 g/mol. The van der Waals surface area contributed by atoms with Crippen LogP contribution in [0.3, 0.4) is 0 Å². The van der Waals surface area contributed by atoms with E-state index in [1.807, 2.05) is 61.5 Å². The van der Waals surface area contributed by atoms with Crippen molar-refractivity contribution in [3.8, 4) is 11.5 Å². The number of rotatable bonds is 11. The lowest BCUT2D eigenvalue weighted by Crippen LogP contribution is -2.50. The molecule has 2 aromatic carbocycles. The van der Waals surface area contributed by atoms with Crippen LogP contribution in [0.1, 0.15) is 25.3 Å². The summed E-state index contributed by atoms with van der Waals surface area (Å²) in [5.74, 6) is 1.60. The van der Waals surface area contributed by atoms with Gasteiger partial charge in [-0.25, -0.2) is 8.42 Å². The van der Waals surface area contributed by atoms with Crippen molar-refractivity contribution < 1.29 is 21.6 Å². The van der Waals surface area contributed by atoms with Gasteiger partial charge in [0.2, 0.25) is 10.0 Å². The quantitative estimate of drug-likeness (QED) is 0.411. The van der Waals surface area contributed by atoms with E-state index in [1.54, 1.807) is 4.31 Å². The fraction of sp³-hybridized carbons (Fsp3) is 0.520. The highest BCUT2D eigenvalue weighted by molar-refractivity contribution is 7.89. The first kappa shape index (κ1) is 29.8. The summed E-state index contributed by atoms with van der Waals surface area (Å²) in [6.45, 7) is 6.34. The summed E-state index contributed by atoms with van der Waals surface area (Å²) in [6, 6.07) is 17.0. The summed E-state index contributed by atoms with van der Waals surface area (Å²) in [5.41, 5.74) is 0.870. The Morgan fingerprint density at radius 2 is 1.51 bits per heavy atom. The van der Waals surface area contributed by atoms with Gasteiger partial charge in [-0.05, 0) is 36.2 Å². The zero-order chi connectivity index (χ0) is 25.6. The van der Waals surface area contributed by atoms with Gasteiger partial charge in [0.15, 0.2) is 0 Å². The van der Waals surface area contributed by atoms with Crippen LogP contribution < -0.4 is 4.74 Å². The SMILES string of the molecule is CCCCS(=O)(=O)N1CCN(CCN2CCN(Cc3cccc(Oc4ccccc4)c3)S2(=O)=O)CC1.Cl. The van der Waals surface area contributed by atoms with E-state index in [0.29, 0.717) is 71.1 Å². The van der Waals surface area contributed by atoms with Gasteiger partial charge in [-0.3, -0.25) is 4.90 Å². The molecule has 4 rings (SSSR count). The summed E-state index contributed by atoms with van der Waals surface area (Å²) in [5, 5.41) is 0. The summed E-state index contributed by atoms with van der Waals surface area (Å²) in [7, 11) is -6.74. The molecule has 0 atom stereocenters. The van der Waals surface area contributed by atoms with E-state index in [4.69, 9.17) is 4.74 Å². The van der Waals surface area contributed by atoms with Crippen molar-refractivity contribution in [1.82, 2.24) is 17.8 Å². The Hall–Kier alpha value is -1.73. The molecule has 0 unspecified atom stereocenters. The predicted octanol–water partition coefficient (Wildman–Crippen LogP) is 3.01. The van der Waals surface area contributed by atoms with E-state index < -0.39 is 20.2 Å². The first-order valence-corrected chi connectivity index (χ1v) is 15.6. The molecule has 0 amide bonds. The van der Waals surface area contributed by atoms with Gasteiger partial charge in [-0.2, -0.15) is 21.3 Å². The smallest absolute Gasteiger partial charge is 0.282 e. The topological polar surface area (TPSA) is 90.5 Å². The third-order valence-corrected chi connectivity index (χ3v) is 10.6. The maximum atomic E-state index is 13.1. The molecule has 0 bridgehead atoms. The molecule has 2 aromatic rings. The van der Waals surface area contributed by atoms with Gasteiger partial charge < -0.3 is 4.74 Å². The third kappa shape index (κ3) is 7.89. The molecule has 9 nitrogen and oxygen atoms in total. The fourth-order valence-corrected chi connectivity index (χ4v) is 7.69. The Labute approximate surface area is 227 Å². The largest absolute Gasteiger partial charge is 0.457 e. The van der Waals surface area contributed by atoms with Crippen LogP contribution in [0.5, 0.6) is 11.5 Å². The molecule has 0 aliphatic carbocycles. The van der Waals surface area contributed by atoms with Crippen LogP contribution >= 0.6 is 12.4 Å². The van der Waals surface area contributed by atoms with E-state index in [1.165, 1.54) is 8.61 Å². The molecule has 0 saturated carbocycles. The summed E-state index contributed by atoms with van der Waals surface area (Å²) in [4.78, 5) is 2.15. The molecule has 2 aliphatic rings. The second kappa shape index (κ2) is 13.4. The Bertz CT molecular complexity index is 1210. The van der Waals surface area contributed by atoms with Crippen LogP contribution in [0.25, 0.3) is 0 Å². The first-order valence-electron chi connectivity index (χ1n) is 12.6. The summed E-state index contributed by atoms with van der Waals surface area (Å²) in [6.07, 6.45) is 1.53.